The molecule has 2 nitrogen and oxygen atoms in total. The molecule has 1 saturated heterocycles. The van der Waals surface area contributed by atoms with Gasteiger partial charge in [-0.05, 0) is 37.0 Å². The highest BCUT2D eigenvalue weighted by molar-refractivity contribution is 6.30. The molecule has 2 fully saturated rings. The Morgan fingerprint density at radius 1 is 1.19 bits per heavy atom. The molecular formula is C13H17ClN2. The Bertz CT molecular complexity index is 379. The molecular weight excluding hydrogens is 220 g/mol. The van der Waals surface area contributed by atoms with Crippen molar-refractivity contribution in [2.24, 2.45) is 5.73 Å². The monoisotopic (exact) mass is 236 g/mol. The largest absolute Gasteiger partial charge is 0.323 e. The summed E-state index contributed by atoms with van der Waals surface area (Å²) in [6.45, 7) is 2.37. The van der Waals surface area contributed by atoms with Crippen LogP contribution in [0, 0.1) is 0 Å². The van der Waals surface area contributed by atoms with Gasteiger partial charge in [0.1, 0.15) is 0 Å². The van der Waals surface area contributed by atoms with Crippen molar-refractivity contribution in [3.63, 3.8) is 0 Å². The molecule has 86 valence electrons. The van der Waals surface area contributed by atoms with Crippen LogP contribution in [0.2, 0.25) is 5.02 Å². The molecule has 1 aliphatic heterocycles. The fourth-order valence-corrected chi connectivity index (χ4v) is 2.69. The first kappa shape index (κ1) is 10.6. The van der Waals surface area contributed by atoms with Crippen LogP contribution in [0.1, 0.15) is 30.9 Å². The Morgan fingerprint density at radius 2 is 1.81 bits per heavy atom. The maximum atomic E-state index is 6.40. The molecule has 0 aromatic heterocycles. The first-order valence-electron chi connectivity index (χ1n) is 5.97. The van der Waals surface area contributed by atoms with Crippen molar-refractivity contribution in [1.82, 2.24) is 4.90 Å². The predicted octanol–water partition coefficient (Wildman–Crippen LogP) is 2.58. The molecule has 3 rings (SSSR count). The molecule has 1 unspecified atom stereocenters. The average Bonchev–Trinajstić information content (AvgIpc) is 2.93. The van der Waals surface area contributed by atoms with Gasteiger partial charge in [-0.15, -0.1) is 0 Å². The minimum atomic E-state index is 0.0221. The van der Waals surface area contributed by atoms with E-state index in [1.54, 1.807) is 0 Å². The molecule has 1 aliphatic carbocycles. The van der Waals surface area contributed by atoms with Crippen LogP contribution in [-0.4, -0.2) is 23.5 Å². The fraction of sp³-hybridized carbons (Fsp3) is 0.538. The van der Waals surface area contributed by atoms with Crippen LogP contribution in [0.3, 0.4) is 0 Å². The number of nitrogens with two attached hydrogens (primary N) is 1. The maximum absolute atomic E-state index is 6.40. The molecule has 16 heavy (non-hydrogen) atoms. The summed E-state index contributed by atoms with van der Waals surface area (Å²) in [7, 11) is 0. The number of hydrogen-bond donors (Lipinski definition) is 1. The lowest BCUT2D eigenvalue weighted by atomic mass is 9.93. The molecule has 2 aliphatic rings. The van der Waals surface area contributed by atoms with Gasteiger partial charge in [0, 0.05) is 23.7 Å². The lowest BCUT2D eigenvalue weighted by molar-refractivity contribution is 0.0931. The SMILES string of the molecule is NC1(C(c2ccc(Cl)cc2)N2CCC2)CC1. The van der Waals surface area contributed by atoms with Gasteiger partial charge in [-0.3, -0.25) is 4.90 Å². The highest BCUT2D eigenvalue weighted by atomic mass is 35.5. The summed E-state index contributed by atoms with van der Waals surface area (Å²) < 4.78 is 0. The van der Waals surface area contributed by atoms with Crippen LogP contribution >= 0.6 is 11.6 Å². The van der Waals surface area contributed by atoms with Gasteiger partial charge in [0.25, 0.3) is 0 Å². The third-order valence-electron chi connectivity index (χ3n) is 3.81. The lowest BCUT2D eigenvalue weighted by Crippen LogP contribution is -2.49. The van der Waals surface area contributed by atoms with Crippen LogP contribution in [0.4, 0.5) is 0 Å². The summed E-state index contributed by atoms with van der Waals surface area (Å²) in [5.41, 5.74) is 7.74. The van der Waals surface area contributed by atoms with Crippen molar-refractivity contribution in [3.8, 4) is 0 Å². The first-order chi connectivity index (χ1) is 7.69. The Morgan fingerprint density at radius 3 is 2.25 bits per heavy atom. The van der Waals surface area contributed by atoms with E-state index in [9.17, 15) is 0 Å². The number of hydrogen-bond acceptors (Lipinski definition) is 2. The van der Waals surface area contributed by atoms with Gasteiger partial charge < -0.3 is 5.73 Å². The predicted molar refractivity (Wildman–Crippen MR) is 66.5 cm³/mol. The molecule has 1 aromatic carbocycles. The maximum Gasteiger partial charge on any atom is 0.0528 e. The third kappa shape index (κ3) is 1.75. The van der Waals surface area contributed by atoms with Crippen molar-refractivity contribution < 1.29 is 0 Å². The molecule has 1 atom stereocenters. The van der Waals surface area contributed by atoms with E-state index in [2.05, 4.69) is 17.0 Å². The number of rotatable bonds is 3. The Kier molecular flexibility index (Phi) is 2.46. The van der Waals surface area contributed by atoms with E-state index in [1.807, 2.05) is 12.1 Å². The molecule has 2 N–H and O–H groups in total. The smallest absolute Gasteiger partial charge is 0.0528 e. The van der Waals surface area contributed by atoms with Crippen molar-refractivity contribution in [2.75, 3.05) is 13.1 Å². The molecule has 1 heterocycles. The summed E-state index contributed by atoms with van der Waals surface area (Å²) in [5.74, 6) is 0. The average molecular weight is 237 g/mol. The second-order valence-electron chi connectivity index (χ2n) is 5.08. The van der Waals surface area contributed by atoms with Crippen LogP contribution < -0.4 is 5.73 Å². The highest BCUT2D eigenvalue weighted by Crippen LogP contribution is 2.48. The molecule has 0 spiro atoms. The van der Waals surface area contributed by atoms with Crippen molar-refractivity contribution in [1.29, 1.82) is 0 Å². The van der Waals surface area contributed by atoms with Gasteiger partial charge in [-0.1, -0.05) is 23.7 Å². The van der Waals surface area contributed by atoms with Gasteiger partial charge in [-0.25, -0.2) is 0 Å². The second-order valence-corrected chi connectivity index (χ2v) is 5.51. The summed E-state index contributed by atoms with van der Waals surface area (Å²) in [6.07, 6.45) is 3.60. The minimum absolute atomic E-state index is 0.0221. The van der Waals surface area contributed by atoms with Gasteiger partial charge in [0.05, 0.1) is 6.04 Å². The third-order valence-corrected chi connectivity index (χ3v) is 4.07. The number of halogens is 1. The Balaban J connectivity index is 1.89. The number of likely N-dealkylation sites (tertiary alicyclic amines) is 1. The van der Waals surface area contributed by atoms with Crippen molar-refractivity contribution in [2.45, 2.75) is 30.8 Å². The Hall–Kier alpha value is -0.570. The fourth-order valence-electron chi connectivity index (χ4n) is 2.57. The van der Waals surface area contributed by atoms with Crippen LogP contribution in [0.5, 0.6) is 0 Å². The molecule has 3 heteroatoms. The van der Waals surface area contributed by atoms with E-state index < -0.39 is 0 Å². The minimum Gasteiger partial charge on any atom is -0.323 e. The first-order valence-corrected chi connectivity index (χ1v) is 6.35. The number of nitrogens with zero attached hydrogens (tertiary/aromatic N) is 1. The summed E-state index contributed by atoms with van der Waals surface area (Å²) in [6, 6.07) is 8.58. The molecule has 0 bridgehead atoms. The molecule has 1 aromatic rings. The lowest BCUT2D eigenvalue weighted by Gasteiger charge is -2.42. The normalized spacial score (nSPS) is 24.9. The zero-order valence-corrected chi connectivity index (χ0v) is 10.1. The summed E-state index contributed by atoms with van der Waals surface area (Å²) in [5, 5.41) is 0.799. The van der Waals surface area contributed by atoms with E-state index in [0.29, 0.717) is 6.04 Å². The van der Waals surface area contributed by atoms with Gasteiger partial charge in [0.2, 0.25) is 0 Å². The standard InChI is InChI=1S/C13H17ClN2/c14-11-4-2-10(3-5-11)12(13(15)6-7-13)16-8-1-9-16/h2-5,12H,1,6-9,15H2. The number of benzene rings is 1. The molecule has 1 saturated carbocycles. The molecule has 0 radical (unpaired) electrons. The second kappa shape index (κ2) is 3.73. The van der Waals surface area contributed by atoms with Crippen molar-refractivity contribution >= 4 is 11.6 Å². The Labute approximate surface area is 101 Å². The zero-order chi connectivity index (χ0) is 11.2. The quantitative estimate of drug-likeness (QED) is 0.874. The van der Waals surface area contributed by atoms with E-state index in [4.69, 9.17) is 17.3 Å². The summed E-state index contributed by atoms with van der Waals surface area (Å²) in [4.78, 5) is 2.50. The summed E-state index contributed by atoms with van der Waals surface area (Å²) >= 11 is 5.93. The van der Waals surface area contributed by atoms with E-state index in [0.717, 1.165) is 17.9 Å². The van der Waals surface area contributed by atoms with Gasteiger partial charge in [-0.2, -0.15) is 0 Å². The van der Waals surface area contributed by atoms with E-state index in [1.165, 1.54) is 25.1 Å². The highest BCUT2D eigenvalue weighted by Gasteiger charge is 2.49. The van der Waals surface area contributed by atoms with Crippen molar-refractivity contribution in [3.05, 3.63) is 34.9 Å². The van der Waals surface area contributed by atoms with Gasteiger partial charge in [0.15, 0.2) is 0 Å². The molecule has 0 amide bonds. The van der Waals surface area contributed by atoms with Crippen LogP contribution in [0.25, 0.3) is 0 Å². The van der Waals surface area contributed by atoms with Crippen LogP contribution in [0.15, 0.2) is 24.3 Å². The van der Waals surface area contributed by atoms with E-state index in [-0.39, 0.29) is 5.54 Å². The van der Waals surface area contributed by atoms with E-state index >= 15 is 0 Å². The van der Waals surface area contributed by atoms with Gasteiger partial charge >= 0.3 is 0 Å². The zero-order valence-electron chi connectivity index (χ0n) is 9.32. The topological polar surface area (TPSA) is 29.3 Å². The van der Waals surface area contributed by atoms with Crippen LogP contribution in [-0.2, 0) is 0 Å².